The first-order valence-electron chi connectivity index (χ1n) is 10.4. The number of para-hydroxylation sites is 1. The molecule has 4 rings (SSSR count). The molecule has 2 aromatic carbocycles. The number of quaternary nitrogens is 1. The summed E-state index contributed by atoms with van der Waals surface area (Å²) in [4.78, 5) is 9.16. The summed E-state index contributed by atoms with van der Waals surface area (Å²) in [7, 11) is 0. The fourth-order valence-electron chi connectivity index (χ4n) is 3.86. The lowest BCUT2D eigenvalue weighted by Crippen LogP contribution is -2.50. The number of anilines is 1. The average molecular weight is 474 g/mol. The van der Waals surface area contributed by atoms with Crippen molar-refractivity contribution in [2.24, 2.45) is 0 Å². The van der Waals surface area contributed by atoms with Crippen LogP contribution in [0.2, 0.25) is 5.02 Å². The van der Waals surface area contributed by atoms with Gasteiger partial charge < -0.3 is 20.7 Å². The first-order chi connectivity index (χ1) is 15.7. The number of hydrogen-bond donors (Lipinski definition) is 4. The number of nitrogens with zero attached hydrogens (tertiary/aromatic N) is 3. The van der Waals surface area contributed by atoms with Gasteiger partial charge in [0.1, 0.15) is 17.5 Å². The van der Waals surface area contributed by atoms with E-state index in [2.05, 4.69) is 20.6 Å². The number of aliphatic hydroxyl groups excluding tert-OH is 2. The first-order valence-corrected chi connectivity index (χ1v) is 10.8. The van der Waals surface area contributed by atoms with Gasteiger partial charge in [-0.2, -0.15) is 4.98 Å². The van der Waals surface area contributed by atoms with Crippen molar-refractivity contribution in [3.63, 3.8) is 0 Å². The molecule has 33 heavy (non-hydrogen) atoms. The molecule has 0 aliphatic carbocycles. The van der Waals surface area contributed by atoms with E-state index in [4.69, 9.17) is 11.6 Å². The third kappa shape index (κ3) is 4.31. The molecule has 0 saturated heterocycles. The minimum Gasteiger partial charge on any atom is -0.620 e. The van der Waals surface area contributed by atoms with Crippen LogP contribution in [-0.2, 0) is 6.54 Å². The Balaban J connectivity index is 1.99. The largest absolute Gasteiger partial charge is 0.620 e. The van der Waals surface area contributed by atoms with E-state index in [-0.39, 0.29) is 24.3 Å². The highest BCUT2D eigenvalue weighted by molar-refractivity contribution is 6.33. The van der Waals surface area contributed by atoms with Gasteiger partial charge in [0, 0.05) is 18.2 Å². The predicted octanol–water partition coefficient (Wildman–Crippen LogP) is 3.60. The summed E-state index contributed by atoms with van der Waals surface area (Å²) >= 11 is 6.39. The van der Waals surface area contributed by atoms with E-state index in [0.717, 1.165) is 0 Å². The normalized spacial score (nSPS) is 18.2. The molecule has 10 heteroatoms. The van der Waals surface area contributed by atoms with Crippen molar-refractivity contribution in [2.45, 2.75) is 25.9 Å². The van der Waals surface area contributed by atoms with Crippen molar-refractivity contribution in [3.05, 3.63) is 69.6 Å². The summed E-state index contributed by atoms with van der Waals surface area (Å²) in [6, 6.07) is 11.1. The van der Waals surface area contributed by atoms with Crippen molar-refractivity contribution in [1.29, 1.82) is 0 Å². The molecule has 0 fully saturated rings. The van der Waals surface area contributed by atoms with Crippen LogP contribution in [0.5, 0.6) is 0 Å². The summed E-state index contributed by atoms with van der Waals surface area (Å²) in [5.74, 6) is -0.143. The summed E-state index contributed by atoms with van der Waals surface area (Å²) in [5.41, 5.74) is 1.48. The van der Waals surface area contributed by atoms with Crippen LogP contribution < -0.4 is 15.3 Å². The van der Waals surface area contributed by atoms with Crippen LogP contribution in [0, 0.1) is 17.9 Å². The molecule has 8 nitrogen and oxygen atoms in total. The molecule has 1 aromatic heterocycles. The van der Waals surface area contributed by atoms with Gasteiger partial charge in [-0.1, -0.05) is 23.7 Å². The smallest absolute Gasteiger partial charge is 0.243 e. The number of aryl methyl sites for hydroxylation is 1. The van der Waals surface area contributed by atoms with Gasteiger partial charge in [0.2, 0.25) is 11.8 Å². The minimum atomic E-state index is -1.13. The fourth-order valence-corrected chi connectivity index (χ4v) is 4.13. The van der Waals surface area contributed by atoms with Crippen LogP contribution in [0.25, 0.3) is 11.3 Å². The maximum atomic E-state index is 14.3. The Hall–Kier alpha value is -2.66. The standard InChI is InChI=1S/C23H25ClFN5O3/c1-14-9-15(25)7-8-16(14)20-17-10-26-13-30(33,19-6-4-3-5-18(19)24)21(17)28-22(27-20)29-23(2,11-31)12-32/h3-9,26,31-32H,10-13H2,1-2H3,(H,27,28,29). The number of aromatic nitrogens is 2. The molecule has 1 aliphatic rings. The SMILES string of the molecule is Cc1cc(F)ccc1-c1nc(NC(C)(CO)CO)nc2c1CNC[N+]2([O-])c1ccccc1Cl. The zero-order valence-corrected chi connectivity index (χ0v) is 19.0. The number of nitrogens with one attached hydrogen (secondary N) is 2. The molecule has 174 valence electrons. The Morgan fingerprint density at radius 3 is 2.61 bits per heavy atom. The summed E-state index contributed by atoms with van der Waals surface area (Å²) in [6.45, 7) is 2.90. The first kappa shape index (κ1) is 23.5. The van der Waals surface area contributed by atoms with Crippen LogP contribution >= 0.6 is 11.6 Å². The third-order valence-corrected chi connectivity index (χ3v) is 6.08. The molecule has 1 unspecified atom stereocenters. The van der Waals surface area contributed by atoms with Crippen LogP contribution in [0.1, 0.15) is 18.1 Å². The van der Waals surface area contributed by atoms with Gasteiger partial charge in [0.05, 0.1) is 30.0 Å². The van der Waals surface area contributed by atoms with Gasteiger partial charge in [-0.05, 0) is 43.7 Å². The number of aliphatic hydroxyl groups is 2. The molecule has 0 saturated carbocycles. The maximum absolute atomic E-state index is 14.3. The highest BCUT2D eigenvalue weighted by Crippen LogP contribution is 2.43. The predicted molar refractivity (Wildman–Crippen MR) is 126 cm³/mol. The van der Waals surface area contributed by atoms with Gasteiger partial charge >= 0.3 is 0 Å². The van der Waals surface area contributed by atoms with Gasteiger partial charge in [0.15, 0.2) is 5.69 Å². The van der Waals surface area contributed by atoms with Crippen LogP contribution in [0.3, 0.4) is 0 Å². The van der Waals surface area contributed by atoms with Crippen molar-refractivity contribution in [3.8, 4) is 11.3 Å². The second-order valence-electron chi connectivity index (χ2n) is 8.44. The van der Waals surface area contributed by atoms with Gasteiger partial charge in [0.25, 0.3) is 0 Å². The molecule has 1 aliphatic heterocycles. The molecule has 3 aromatic rings. The van der Waals surface area contributed by atoms with E-state index in [1.165, 1.54) is 12.1 Å². The van der Waals surface area contributed by atoms with Crippen LogP contribution in [-0.4, -0.2) is 45.6 Å². The molecule has 2 heterocycles. The lowest BCUT2D eigenvalue weighted by Gasteiger charge is -2.44. The number of benzene rings is 2. The second kappa shape index (κ2) is 8.94. The number of fused-ring (bicyclic) bond motifs is 1. The number of halogens is 2. The molecular formula is C23H25ClFN5O3. The van der Waals surface area contributed by atoms with Gasteiger partial charge in [-0.15, -0.1) is 0 Å². The maximum Gasteiger partial charge on any atom is 0.243 e. The Labute approximate surface area is 195 Å². The van der Waals surface area contributed by atoms with E-state index in [0.29, 0.717) is 39.6 Å². The molecule has 4 N–H and O–H groups in total. The highest BCUT2D eigenvalue weighted by atomic mass is 35.5. The Morgan fingerprint density at radius 1 is 1.21 bits per heavy atom. The lowest BCUT2D eigenvalue weighted by molar-refractivity contribution is 0.147. The zero-order chi connectivity index (χ0) is 23.8. The van der Waals surface area contributed by atoms with Crippen molar-refractivity contribution >= 4 is 29.1 Å². The summed E-state index contributed by atoms with van der Waals surface area (Å²) in [5, 5.41) is 40.1. The van der Waals surface area contributed by atoms with Crippen molar-refractivity contribution in [1.82, 2.24) is 19.9 Å². The highest BCUT2D eigenvalue weighted by Gasteiger charge is 2.37. The molecular weight excluding hydrogens is 449 g/mol. The molecule has 1 atom stereocenters. The van der Waals surface area contributed by atoms with Crippen molar-refractivity contribution in [2.75, 3.05) is 25.2 Å². The average Bonchev–Trinajstić information content (AvgIpc) is 2.79. The Morgan fingerprint density at radius 2 is 1.94 bits per heavy atom. The minimum absolute atomic E-state index is 0.00764. The van der Waals surface area contributed by atoms with Crippen LogP contribution in [0.4, 0.5) is 21.8 Å². The van der Waals surface area contributed by atoms with Crippen molar-refractivity contribution < 1.29 is 14.6 Å². The number of hydrogen-bond acceptors (Lipinski definition) is 7. The second-order valence-corrected chi connectivity index (χ2v) is 8.84. The van der Waals surface area contributed by atoms with Gasteiger partial charge in [-0.25, -0.2) is 9.37 Å². The third-order valence-electron chi connectivity index (χ3n) is 5.76. The molecule has 0 bridgehead atoms. The van der Waals surface area contributed by atoms with E-state index in [1.54, 1.807) is 44.2 Å². The van der Waals surface area contributed by atoms with E-state index >= 15 is 0 Å². The van der Waals surface area contributed by atoms with Crippen LogP contribution in [0.15, 0.2) is 42.5 Å². The van der Waals surface area contributed by atoms with E-state index in [1.807, 2.05) is 0 Å². The lowest BCUT2D eigenvalue weighted by atomic mass is 9.99. The monoisotopic (exact) mass is 473 g/mol. The van der Waals surface area contributed by atoms with Gasteiger partial charge in [-0.3, -0.25) is 9.96 Å². The number of hydroxylamine groups is 1. The van der Waals surface area contributed by atoms with E-state index < -0.39 is 23.4 Å². The summed E-state index contributed by atoms with van der Waals surface area (Å²) < 4.78 is 12.8. The topological polar surface area (TPSA) is 113 Å². The molecule has 0 radical (unpaired) electrons. The van der Waals surface area contributed by atoms with E-state index in [9.17, 15) is 19.8 Å². The number of rotatable bonds is 6. The summed E-state index contributed by atoms with van der Waals surface area (Å²) in [6.07, 6.45) is 0. The zero-order valence-electron chi connectivity index (χ0n) is 18.3. The molecule has 0 amide bonds. The fraction of sp³-hybridized carbons (Fsp3) is 0.304. The molecule has 0 spiro atoms. The quantitative estimate of drug-likeness (QED) is 0.319. The Kier molecular flexibility index (Phi) is 6.37. The Bertz CT molecular complexity index is 1190.